The maximum absolute atomic E-state index is 14.9. The van der Waals surface area contributed by atoms with E-state index in [2.05, 4.69) is 4.98 Å². The van der Waals surface area contributed by atoms with Gasteiger partial charge in [-0.1, -0.05) is 29.3 Å². The lowest BCUT2D eigenvalue weighted by atomic mass is 9.98. The van der Waals surface area contributed by atoms with Gasteiger partial charge in [0.05, 0.1) is 10.6 Å². The van der Waals surface area contributed by atoms with Gasteiger partial charge in [0.15, 0.2) is 0 Å². The quantitative estimate of drug-likeness (QED) is 0.311. The Labute approximate surface area is 241 Å². The number of quaternary nitrogens is 1. The number of hydrogen-bond acceptors (Lipinski definition) is 4. The molecule has 2 fully saturated rings. The normalized spacial score (nSPS) is 18.0. The van der Waals surface area contributed by atoms with E-state index in [1.807, 2.05) is 0 Å². The van der Waals surface area contributed by atoms with Gasteiger partial charge in [-0.05, 0) is 30.2 Å². The van der Waals surface area contributed by atoms with Crippen molar-refractivity contribution in [2.45, 2.75) is 50.7 Å². The number of hydrogen-bond donors (Lipinski definition) is 1. The molecule has 0 saturated carbocycles. The van der Waals surface area contributed by atoms with Crippen LogP contribution in [0.3, 0.4) is 0 Å². The number of aromatic amines is 1. The molecule has 2 aliphatic heterocycles. The van der Waals surface area contributed by atoms with E-state index in [1.54, 1.807) is 0 Å². The van der Waals surface area contributed by atoms with Crippen LogP contribution in [0.2, 0.25) is 10.2 Å². The Kier molecular flexibility index (Phi) is 8.10. The van der Waals surface area contributed by atoms with E-state index in [1.165, 1.54) is 39.8 Å². The van der Waals surface area contributed by atoms with Crippen molar-refractivity contribution in [3.8, 4) is 0 Å². The topological polar surface area (TPSA) is 83.9 Å². The van der Waals surface area contributed by atoms with Crippen LogP contribution in [0.4, 0.5) is 17.6 Å². The summed E-state index contributed by atoms with van der Waals surface area (Å²) in [6.07, 6.45) is -0.717. The van der Waals surface area contributed by atoms with Crippen molar-refractivity contribution in [1.29, 1.82) is 0 Å². The Morgan fingerprint density at radius 3 is 2.41 bits per heavy atom. The molecule has 0 radical (unpaired) electrons. The average molecular weight is 618 g/mol. The van der Waals surface area contributed by atoms with E-state index < -0.39 is 34.6 Å². The van der Waals surface area contributed by atoms with Gasteiger partial charge < -0.3 is 9.88 Å². The van der Waals surface area contributed by atoms with Crippen LogP contribution < -0.4 is 5.56 Å². The molecule has 5 rings (SSSR count). The standard InChI is InChI=1S/C27H26Cl2F4N4O4/c28-20-14-22-24(38)34-15-17(36(22)23(20)29)12-16-4-5-21(30)19(13-16)25(39)35-8-6-18(7-9-35)37(10-2-1-3-11-37)41-26(40)27(31,32)33/h4-5,13-15,18H,1-3,6-12H2/p+1. The number of alkyl halides is 3. The summed E-state index contributed by atoms with van der Waals surface area (Å²) in [7, 11) is 0. The number of benzene rings is 1. The van der Waals surface area contributed by atoms with Gasteiger partial charge in [-0.25, -0.2) is 9.18 Å². The van der Waals surface area contributed by atoms with Crippen molar-refractivity contribution >= 4 is 40.6 Å². The molecule has 0 bridgehead atoms. The summed E-state index contributed by atoms with van der Waals surface area (Å²) in [5.74, 6) is -3.47. The Hall–Kier alpha value is -3.09. The summed E-state index contributed by atoms with van der Waals surface area (Å²) in [4.78, 5) is 46.5. The molecule has 2 saturated heterocycles. The van der Waals surface area contributed by atoms with Crippen LogP contribution in [0, 0.1) is 5.82 Å². The highest BCUT2D eigenvalue weighted by Gasteiger charge is 2.51. The lowest BCUT2D eigenvalue weighted by molar-refractivity contribution is -1.11. The van der Waals surface area contributed by atoms with Gasteiger partial charge in [0, 0.05) is 57.1 Å². The summed E-state index contributed by atoms with van der Waals surface area (Å²) in [5.41, 5.74) is 0.849. The van der Waals surface area contributed by atoms with Crippen LogP contribution in [0.5, 0.6) is 0 Å². The van der Waals surface area contributed by atoms with E-state index in [4.69, 9.17) is 28.0 Å². The number of carbonyl (C=O) groups is 2. The second-order valence-electron chi connectivity index (χ2n) is 10.5. The Balaban J connectivity index is 1.32. The van der Waals surface area contributed by atoms with E-state index in [0.717, 1.165) is 6.42 Å². The highest BCUT2D eigenvalue weighted by Crippen LogP contribution is 2.33. The maximum atomic E-state index is 14.9. The first kappa shape index (κ1) is 29.4. The first-order valence-electron chi connectivity index (χ1n) is 13.2. The van der Waals surface area contributed by atoms with Crippen molar-refractivity contribution in [3.05, 3.63) is 73.6 Å². The highest BCUT2D eigenvalue weighted by atomic mass is 35.5. The predicted molar refractivity (Wildman–Crippen MR) is 142 cm³/mol. The minimum Gasteiger partial charge on any atom is -0.338 e. The molecule has 0 aliphatic carbocycles. The van der Waals surface area contributed by atoms with Gasteiger partial charge in [-0.3, -0.25) is 18.8 Å². The van der Waals surface area contributed by atoms with Crippen molar-refractivity contribution in [2.75, 3.05) is 26.2 Å². The summed E-state index contributed by atoms with van der Waals surface area (Å²) >= 11 is 12.4. The fourth-order valence-corrected chi connectivity index (χ4v) is 6.32. The number of hydroxylamine groups is 3. The number of amides is 1. The first-order chi connectivity index (χ1) is 19.4. The molecule has 2 aromatic heterocycles. The van der Waals surface area contributed by atoms with Gasteiger partial charge in [-0.15, -0.1) is 4.65 Å². The molecule has 1 N–H and O–H groups in total. The zero-order valence-corrected chi connectivity index (χ0v) is 23.3. The van der Waals surface area contributed by atoms with Gasteiger partial charge in [0.2, 0.25) is 0 Å². The lowest BCUT2D eigenvalue weighted by Crippen LogP contribution is -2.62. The molecule has 220 valence electrons. The molecule has 1 aromatic carbocycles. The van der Waals surface area contributed by atoms with Crippen LogP contribution in [-0.2, 0) is 16.1 Å². The largest absolute Gasteiger partial charge is 0.497 e. The van der Waals surface area contributed by atoms with E-state index >= 15 is 0 Å². The van der Waals surface area contributed by atoms with E-state index in [9.17, 15) is 31.9 Å². The van der Waals surface area contributed by atoms with Gasteiger partial charge in [0.25, 0.3) is 11.5 Å². The van der Waals surface area contributed by atoms with Crippen LogP contribution in [0.1, 0.15) is 53.7 Å². The van der Waals surface area contributed by atoms with Crippen LogP contribution >= 0.6 is 23.2 Å². The smallest absolute Gasteiger partial charge is 0.338 e. The number of rotatable bonds is 5. The molecule has 0 unspecified atom stereocenters. The summed E-state index contributed by atoms with van der Waals surface area (Å²) < 4.78 is 55.0. The Morgan fingerprint density at radius 1 is 1.07 bits per heavy atom. The molecule has 3 aromatic rings. The fraction of sp³-hybridized carbons (Fsp3) is 0.444. The molecular weight excluding hydrogens is 591 g/mol. The van der Waals surface area contributed by atoms with Crippen molar-refractivity contribution in [1.82, 2.24) is 14.3 Å². The molecule has 2 aliphatic rings. The minimum absolute atomic E-state index is 0.149. The van der Waals surface area contributed by atoms with Crippen LogP contribution in [0.25, 0.3) is 5.52 Å². The minimum atomic E-state index is -5.10. The highest BCUT2D eigenvalue weighted by molar-refractivity contribution is 6.42. The van der Waals surface area contributed by atoms with Crippen molar-refractivity contribution < 1.29 is 36.6 Å². The second kappa shape index (κ2) is 11.3. The first-order valence-corrected chi connectivity index (χ1v) is 14.0. The molecular formula is C27H27Cl2F4N4O4+. The molecule has 14 heteroatoms. The maximum Gasteiger partial charge on any atom is 0.497 e. The number of carbonyl (C=O) groups excluding carboxylic acids is 2. The van der Waals surface area contributed by atoms with Crippen LogP contribution in [0.15, 0.2) is 35.3 Å². The Bertz CT molecular complexity index is 1540. The lowest BCUT2D eigenvalue weighted by Gasteiger charge is -2.45. The molecule has 4 heterocycles. The van der Waals surface area contributed by atoms with Gasteiger partial charge >= 0.3 is 12.1 Å². The zero-order valence-electron chi connectivity index (χ0n) is 21.8. The third-order valence-electron chi connectivity index (χ3n) is 7.92. The fourth-order valence-electron chi connectivity index (χ4n) is 5.88. The van der Waals surface area contributed by atoms with E-state index in [-0.39, 0.29) is 59.4 Å². The molecule has 41 heavy (non-hydrogen) atoms. The third-order valence-corrected chi connectivity index (χ3v) is 8.68. The monoisotopic (exact) mass is 617 g/mol. The molecule has 8 nitrogen and oxygen atoms in total. The summed E-state index contributed by atoms with van der Waals surface area (Å²) in [5, 5.41) is 0.351. The number of piperidine rings is 2. The number of aromatic nitrogens is 2. The SMILES string of the molecule is O=C(c1cc(Cc2c[nH]c(=O)c3cc(Cl)c(Cl)n23)ccc1F)N1CCC([N+]2(OC(=O)C(F)(F)F)CCCCC2)CC1. The van der Waals surface area contributed by atoms with Crippen molar-refractivity contribution in [3.63, 3.8) is 0 Å². The molecule has 0 atom stereocenters. The summed E-state index contributed by atoms with van der Waals surface area (Å²) in [6.45, 7) is 0.918. The van der Waals surface area contributed by atoms with Crippen LogP contribution in [-0.4, -0.2) is 69.2 Å². The number of fused-ring (bicyclic) bond motifs is 1. The Morgan fingerprint density at radius 2 is 1.76 bits per heavy atom. The van der Waals surface area contributed by atoms with Gasteiger partial charge in [0.1, 0.15) is 35.6 Å². The van der Waals surface area contributed by atoms with E-state index in [0.29, 0.717) is 36.9 Å². The van der Waals surface area contributed by atoms with Crippen molar-refractivity contribution in [2.24, 2.45) is 0 Å². The third kappa shape index (κ3) is 5.82. The predicted octanol–water partition coefficient (Wildman–Crippen LogP) is 5.29. The summed E-state index contributed by atoms with van der Waals surface area (Å²) in [6, 6.07) is 5.18. The number of halogens is 6. The zero-order chi connectivity index (χ0) is 29.5. The molecule has 1 amide bonds. The van der Waals surface area contributed by atoms with Gasteiger partial charge in [-0.2, -0.15) is 13.2 Å². The average Bonchev–Trinajstić information content (AvgIpc) is 3.25. The number of H-pyrrole nitrogens is 1. The number of nitrogens with one attached hydrogen (secondary N) is 1. The number of nitrogens with zero attached hydrogens (tertiary/aromatic N) is 3. The number of likely N-dealkylation sites (tertiary alicyclic amines) is 2. The second-order valence-corrected chi connectivity index (χ2v) is 11.2. The molecule has 0 spiro atoms.